The van der Waals surface area contributed by atoms with Crippen molar-refractivity contribution < 1.29 is 23.9 Å². The monoisotopic (exact) mass is 575 g/mol. The number of hydrogen-bond donors (Lipinski definition) is 4. The van der Waals surface area contributed by atoms with Crippen LogP contribution in [0.5, 0.6) is 5.75 Å². The van der Waals surface area contributed by atoms with Gasteiger partial charge in [-0.15, -0.1) is 5.10 Å². The minimum atomic E-state index is -0.877. The van der Waals surface area contributed by atoms with E-state index in [0.29, 0.717) is 43.1 Å². The summed E-state index contributed by atoms with van der Waals surface area (Å²) in [5, 5.41) is 19.4. The molecule has 1 aromatic heterocycles. The molecule has 6 bridgehead atoms. The van der Waals surface area contributed by atoms with Crippen LogP contribution < -0.4 is 26.0 Å². The quantitative estimate of drug-likeness (QED) is 0.361. The van der Waals surface area contributed by atoms with Crippen LogP contribution in [-0.4, -0.2) is 57.3 Å². The summed E-state index contributed by atoms with van der Waals surface area (Å²) < 4.78 is 7.42. The summed E-state index contributed by atoms with van der Waals surface area (Å²) in [6, 6.07) is 12.4. The Morgan fingerprint density at radius 1 is 0.905 bits per heavy atom. The van der Waals surface area contributed by atoms with Crippen LogP contribution in [0.1, 0.15) is 54.4 Å². The van der Waals surface area contributed by atoms with E-state index >= 15 is 0 Å². The molecule has 0 fully saturated rings. The molecule has 4 heterocycles. The summed E-state index contributed by atoms with van der Waals surface area (Å²) in [4.78, 5) is 51.2. The van der Waals surface area contributed by atoms with Crippen LogP contribution >= 0.6 is 0 Å². The SMILES string of the molecule is CC(C)C[C@H]1NC(=O)[C@@H](C)NC(=O)c2ccc(cc2)CNC(=O)Cc2ccc(cc2)OCCn2cc(nn2)CNC1=O. The van der Waals surface area contributed by atoms with E-state index in [-0.39, 0.29) is 30.7 Å². The lowest BCUT2D eigenvalue weighted by molar-refractivity contribution is -0.130. The molecule has 0 saturated heterocycles. The van der Waals surface area contributed by atoms with Crippen molar-refractivity contribution in [2.24, 2.45) is 5.92 Å². The molecule has 0 spiro atoms. The summed E-state index contributed by atoms with van der Waals surface area (Å²) >= 11 is 0. The highest BCUT2D eigenvalue weighted by atomic mass is 16.5. The number of benzene rings is 2. The Balaban J connectivity index is 1.48. The molecule has 12 heteroatoms. The van der Waals surface area contributed by atoms with Gasteiger partial charge in [0.25, 0.3) is 5.91 Å². The van der Waals surface area contributed by atoms with Gasteiger partial charge >= 0.3 is 0 Å². The smallest absolute Gasteiger partial charge is 0.251 e. The van der Waals surface area contributed by atoms with E-state index in [0.717, 1.165) is 11.1 Å². The van der Waals surface area contributed by atoms with E-state index in [1.165, 1.54) is 0 Å². The van der Waals surface area contributed by atoms with Crippen LogP contribution in [0.4, 0.5) is 0 Å². The number of carbonyl (C=O) groups excluding carboxylic acids is 4. The minimum Gasteiger partial charge on any atom is -0.492 e. The number of aromatic nitrogens is 3. The molecule has 6 rings (SSSR count). The molecule has 4 amide bonds. The Morgan fingerprint density at radius 2 is 1.62 bits per heavy atom. The molecule has 2 aromatic carbocycles. The molecule has 4 N–H and O–H groups in total. The predicted molar refractivity (Wildman–Crippen MR) is 154 cm³/mol. The highest BCUT2D eigenvalue weighted by molar-refractivity contribution is 5.98. The van der Waals surface area contributed by atoms with Crippen molar-refractivity contribution in [2.45, 2.75) is 65.3 Å². The maximum Gasteiger partial charge on any atom is 0.251 e. The van der Waals surface area contributed by atoms with Crippen molar-refractivity contribution in [3.8, 4) is 5.75 Å². The standard InChI is InChI=1S/C30H37N7O5/c1-19(2)14-26-30(41)32-17-24-18-37(36-35-24)12-13-42-25-10-6-21(7-11-25)15-27(38)31-16-22-4-8-23(9-5-22)29(40)33-20(3)28(39)34-26/h4-11,18-20,26H,12-17H2,1-3H3,(H,31,38)(H,32,41)(H,33,40)(H,34,39)/t20-,26-/m1/s1. The average molecular weight is 576 g/mol. The Bertz CT molecular complexity index is 1390. The number of hydrogen-bond acceptors (Lipinski definition) is 7. The van der Waals surface area contributed by atoms with Gasteiger partial charge in [0.15, 0.2) is 0 Å². The highest BCUT2D eigenvalue weighted by Crippen LogP contribution is 2.13. The van der Waals surface area contributed by atoms with Gasteiger partial charge in [-0.25, -0.2) is 4.68 Å². The second-order valence-corrected chi connectivity index (χ2v) is 10.7. The van der Waals surface area contributed by atoms with Crippen molar-refractivity contribution in [3.05, 3.63) is 77.1 Å². The molecule has 0 saturated carbocycles. The largest absolute Gasteiger partial charge is 0.492 e. The van der Waals surface area contributed by atoms with Gasteiger partial charge in [0.05, 0.1) is 25.7 Å². The van der Waals surface area contributed by atoms with Crippen molar-refractivity contribution in [1.82, 2.24) is 36.3 Å². The molecule has 3 aliphatic rings. The zero-order valence-corrected chi connectivity index (χ0v) is 24.1. The molecule has 0 aliphatic carbocycles. The van der Waals surface area contributed by atoms with E-state index in [2.05, 4.69) is 31.6 Å². The second-order valence-electron chi connectivity index (χ2n) is 10.7. The third-order valence-corrected chi connectivity index (χ3v) is 6.69. The summed E-state index contributed by atoms with van der Waals surface area (Å²) in [6.45, 7) is 6.73. The van der Waals surface area contributed by atoms with Crippen LogP contribution in [0.25, 0.3) is 0 Å². The molecular weight excluding hydrogens is 538 g/mol. The second kappa shape index (κ2) is 14.2. The molecule has 42 heavy (non-hydrogen) atoms. The zero-order valence-electron chi connectivity index (χ0n) is 24.1. The van der Waals surface area contributed by atoms with Gasteiger partial charge in [-0.3, -0.25) is 19.2 Å². The molecule has 12 nitrogen and oxygen atoms in total. The Labute approximate surface area is 244 Å². The van der Waals surface area contributed by atoms with E-state index in [1.807, 2.05) is 38.1 Å². The third kappa shape index (κ3) is 8.88. The molecule has 0 unspecified atom stereocenters. The van der Waals surface area contributed by atoms with Gasteiger partial charge in [-0.05, 0) is 54.7 Å². The number of nitrogens with zero attached hydrogens (tertiary/aromatic N) is 3. The highest BCUT2D eigenvalue weighted by Gasteiger charge is 2.25. The normalized spacial score (nSPS) is 19.3. The first-order chi connectivity index (χ1) is 20.2. The van der Waals surface area contributed by atoms with Crippen molar-refractivity contribution in [3.63, 3.8) is 0 Å². The van der Waals surface area contributed by atoms with Gasteiger partial charge in [-0.2, -0.15) is 0 Å². The number of ether oxygens (including phenoxy) is 1. The molecular formula is C30H37N7O5. The molecule has 2 atom stereocenters. The fourth-order valence-corrected chi connectivity index (χ4v) is 4.36. The molecule has 3 aromatic rings. The van der Waals surface area contributed by atoms with Crippen LogP contribution in [0.3, 0.4) is 0 Å². The predicted octanol–water partition coefficient (Wildman–Crippen LogP) is 1.50. The third-order valence-electron chi connectivity index (χ3n) is 6.69. The molecule has 3 aliphatic heterocycles. The zero-order chi connectivity index (χ0) is 30.1. The van der Waals surface area contributed by atoms with E-state index < -0.39 is 23.9 Å². The van der Waals surface area contributed by atoms with Crippen LogP contribution in [0.15, 0.2) is 54.7 Å². The summed E-state index contributed by atoms with van der Waals surface area (Å²) in [7, 11) is 0. The topological polar surface area (TPSA) is 156 Å². The van der Waals surface area contributed by atoms with Crippen LogP contribution in [-0.2, 0) is 40.4 Å². The summed E-state index contributed by atoms with van der Waals surface area (Å²) in [5.74, 6) is -0.575. The first-order valence-corrected chi connectivity index (χ1v) is 14.0. The fourth-order valence-electron chi connectivity index (χ4n) is 4.36. The molecule has 222 valence electrons. The van der Waals surface area contributed by atoms with E-state index in [1.54, 1.807) is 42.1 Å². The van der Waals surface area contributed by atoms with E-state index in [9.17, 15) is 19.2 Å². The lowest BCUT2D eigenvalue weighted by atomic mass is 10.0. The van der Waals surface area contributed by atoms with Gasteiger partial charge in [0.2, 0.25) is 17.7 Å². The van der Waals surface area contributed by atoms with Gasteiger partial charge in [-0.1, -0.05) is 43.3 Å². The molecule has 0 radical (unpaired) electrons. The number of fused-ring (bicyclic) bond motifs is 2. The Hall–Kier alpha value is -4.74. The lowest BCUT2D eigenvalue weighted by Gasteiger charge is -2.22. The van der Waals surface area contributed by atoms with Crippen molar-refractivity contribution >= 4 is 23.6 Å². The first kappa shape index (κ1) is 30.2. The minimum absolute atomic E-state index is 0.131. The van der Waals surface area contributed by atoms with Gasteiger partial charge < -0.3 is 26.0 Å². The van der Waals surface area contributed by atoms with Crippen molar-refractivity contribution in [2.75, 3.05) is 6.61 Å². The first-order valence-electron chi connectivity index (χ1n) is 14.0. The number of rotatable bonds is 2. The fraction of sp³-hybridized carbons (Fsp3) is 0.400. The lowest BCUT2D eigenvalue weighted by Crippen LogP contribution is -2.53. The number of amides is 4. The van der Waals surface area contributed by atoms with Gasteiger partial charge in [0, 0.05) is 12.1 Å². The Kier molecular flexibility index (Phi) is 10.2. The number of nitrogens with one attached hydrogen (secondary N) is 4. The van der Waals surface area contributed by atoms with Crippen LogP contribution in [0, 0.1) is 5.92 Å². The van der Waals surface area contributed by atoms with Crippen LogP contribution in [0.2, 0.25) is 0 Å². The summed E-state index contributed by atoms with van der Waals surface area (Å²) in [6.07, 6.45) is 2.36. The van der Waals surface area contributed by atoms with Crippen molar-refractivity contribution in [1.29, 1.82) is 0 Å². The van der Waals surface area contributed by atoms with Gasteiger partial charge in [0.1, 0.15) is 30.1 Å². The summed E-state index contributed by atoms with van der Waals surface area (Å²) in [5.41, 5.74) is 2.60. The Morgan fingerprint density at radius 3 is 2.33 bits per heavy atom. The van der Waals surface area contributed by atoms with E-state index in [4.69, 9.17) is 4.74 Å². The maximum absolute atomic E-state index is 13.0. The number of carbonyl (C=O) groups is 4. The average Bonchev–Trinajstić information content (AvgIpc) is 3.42. The maximum atomic E-state index is 13.0.